The van der Waals surface area contributed by atoms with E-state index in [4.69, 9.17) is 4.98 Å². The predicted molar refractivity (Wildman–Crippen MR) is 130 cm³/mol. The Balaban J connectivity index is 1.28. The summed E-state index contributed by atoms with van der Waals surface area (Å²) >= 11 is 0. The summed E-state index contributed by atoms with van der Waals surface area (Å²) in [6.45, 7) is 4.29. The molecule has 1 saturated heterocycles. The number of hydrogen-bond donors (Lipinski definition) is 1. The van der Waals surface area contributed by atoms with Crippen LogP contribution in [0.5, 0.6) is 0 Å². The fraction of sp³-hybridized carbons (Fsp3) is 0.480. The molecule has 1 amide bonds. The Hall–Kier alpha value is -3.13. The number of amides is 1. The summed E-state index contributed by atoms with van der Waals surface area (Å²) in [5.74, 6) is 1.39. The van der Waals surface area contributed by atoms with Gasteiger partial charge < -0.3 is 24.6 Å². The minimum atomic E-state index is 0.0201. The molecule has 2 aromatic heterocycles. The maximum Gasteiger partial charge on any atom is 0.270 e. The summed E-state index contributed by atoms with van der Waals surface area (Å²) in [4.78, 5) is 28.8. The maximum atomic E-state index is 12.9. The normalized spacial score (nSPS) is 24.3. The van der Waals surface area contributed by atoms with Gasteiger partial charge in [0.1, 0.15) is 11.3 Å². The van der Waals surface area contributed by atoms with Gasteiger partial charge in [-0.2, -0.15) is 4.98 Å². The topological polar surface area (TPSA) is 69.5 Å². The molecule has 8 nitrogen and oxygen atoms in total. The van der Waals surface area contributed by atoms with Crippen molar-refractivity contribution in [2.45, 2.75) is 24.8 Å². The van der Waals surface area contributed by atoms with Crippen molar-refractivity contribution in [1.82, 2.24) is 24.3 Å². The van der Waals surface area contributed by atoms with Gasteiger partial charge in [0.15, 0.2) is 0 Å². The van der Waals surface area contributed by atoms with Crippen LogP contribution in [0.1, 0.15) is 29.8 Å². The molecule has 7 rings (SSSR count). The number of nitrogens with zero attached hydrogens (tertiary/aromatic N) is 6. The van der Waals surface area contributed by atoms with Crippen LogP contribution in [0.25, 0.3) is 11.0 Å². The van der Waals surface area contributed by atoms with E-state index in [1.807, 2.05) is 12.3 Å². The van der Waals surface area contributed by atoms with Gasteiger partial charge in [-0.1, -0.05) is 0 Å². The lowest BCUT2D eigenvalue weighted by Gasteiger charge is -2.62. The van der Waals surface area contributed by atoms with Gasteiger partial charge in [0, 0.05) is 68.8 Å². The molecule has 3 aromatic rings. The average molecular weight is 446 g/mol. The van der Waals surface area contributed by atoms with Crippen LogP contribution in [-0.2, 0) is 5.54 Å². The van der Waals surface area contributed by atoms with Crippen molar-refractivity contribution >= 4 is 34.3 Å². The third-order valence-electron chi connectivity index (χ3n) is 7.64. The number of aromatic nitrogens is 3. The predicted octanol–water partition coefficient (Wildman–Crippen LogP) is 3.14. The van der Waals surface area contributed by atoms with Gasteiger partial charge in [0.05, 0.1) is 0 Å². The second kappa shape index (κ2) is 7.45. The molecular weight excluding hydrogens is 414 g/mol. The van der Waals surface area contributed by atoms with Crippen LogP contribution >= 0.6 is 0 Å². The number of nitrogens with one attached hydrogen (secondary N) is 1. The van der Waals surface area contributed by atoms with Gasteiger partial charge in [-0.25, -0.2) is 4.98 Å². The number of rotatable bonds is 5. The maximum absolute atomic E-state index is 12.9. The fourth-order valence-corrected chi connectivity index (χ4v) is 5.57. The SMILES string of the molecule is CN1CCN(c2ccc(Nc3ncc4cc(C(=O)N(C)C)n(C56CC(C5)C6)c4n3)cc2)CC1. The van der Waals surface area contributed by atoms with Crippen molar-refractivity contribution in [2.24, 2.45) is 5.92 Å². The van der Waals surface area contributed by atoms with Gasteiger partial charge in [-0.05, 0) is 62.6 Å². The molecule has 1 N–H and O–H groups in total. The molecule has 1 aliphatic heterocycles. The highest BCUT2D eigenvalue weighted by Crippen LogP contribution is 2.63. The van der Waals surface area contributed by atoms with E-state index in [0.717, 1.165) is 73.8 Å². The van der Waals surface area contributed by atoms with Crippen molar-refractivity contribution in [1.29, 1.82) is 0 Å². The second-order valence-electron chi connectivity index (χ2n) is 10.2. The smallest absolute Gasteiger partial charge is 0.270 e. The van der Waals surface area contributed by atoms with E-state index in [1.54, 1.807) is 19.0 Å². The monoisotopic (exact) mass is 445 g/mol. The van der Waals surface area contributed by atoms with E-state index in [1.165, 1.54) is 5.69 Å². The van der Waals surface area contributed by atoms with Crippen LogP contribution in [0.3, 0.4) is 0 Å². The molecule has 3 saturated carbocycles. The molecule has 0 spiro atoms. The van der Waals surface area contributed by atoms with E-state index in [0.29, 0.717) is 5.95 Å². The Bertz CT molecular complexity index is 1190. The highest BCUT2D eigenvalue weighted by atomic mass is 16.2. The number of likely N-dealkylation sites (N-methyl/N-ethyl adjacent to an activating group) is 1. The van der Waals surface area contributed by atoms with Gasteiger partial charge in [-0.15, -0.1) is 0 Å². The van der Waals surface area contributed by atoms with Crippen LogP contribution in [0, 0.1) is 5.92 Å². The summed E-state index contributed by atoms with van der Waals surface area (Å²) in [5, 5.41) is 4.28. The number of fused-ring (bicyclic) bond motifs is 1. The number of carbonyl (C=O) groups excluding carboxylic acids is 1. The van der Waals surface area contributed by atoms with E-state index >= 15 is 0 Å². The number of carbonyl (C=O) groups is 1. The van der Waals surface area contributed by atoms with Crippen molar-refractivity contribution < 1.29 is 4.79 Å². The van der Waals surface area contributed by atoms with Gasteiger partial charge in [-0.3, -0.25) is 4.79 Å². The molecule has 3 aliphatic carbocycles. The summed E-state index contributed by atoms with van der Waals surface area (Å²) in [6.07, 6.45) is 5.26. The Morgan fingerprint density at radius 2 is 1.79 bits per heavy atom. The average Bonchev–Trinajstić information content (AvgIpc) is 3.11. The summed E-state index contributed by atoms with van der Waals surface area (Å²) in [7, 11) is 5.78. The standard InChI is InChI=1S/C25H31N7O/c1-29(2)23(33)21-12-18-16-26-24(28-22(18)32(21)25-13-17(14-25)15-25)27-19-4-6-20(7-5-19)31-10-8-30(3)9-11-31/h4-7,12,16-17H,8-11,13-15H2,1-3H3,(H,26,27,28). The molecule has 33 heavy (non-hydrogen) atoms. The summed E-state index contributed by atoms with van der Waals surface area (Å²) < 4.78 is 2.20. The Labute approximate surface area is 194 Å². The molecule has 2 bridgehead atoms. The third-order valence-corrected chi connectivity index (χ3v) is 7.64. The van der Waals surface area contributed by atoms with Crippen LogP contribution < -0.4 is 10.2 Å². The third kappa shape index (κ3) is 3.35. The van der Waals surface area contributed by atoms with Crippen molar-refractivity contribution in [3.05, 3.63) is 42.2 Å². The van der Waals surface area contributed by atoms with E-state index in [-0.39, 0.29) is 11.4 Å². The molecule has 0 radical (unpaired) electrons. The molecule has 1 aromatic carbocycles. The first-order valence-corrected chi connectivity index (χ1v) is 11.8. The van der Waals surface area contributed by atoms with Crippen molar-refractivity contribution in [3.8, 4) is 0 Å². The zero-order valence-electron chi connectivity index (χ0n) is 19.6. The Kier molecular flexibility index (Phi) is 4.62. The quantitative estimate of drug-likeness (QED) is 0.651. The molecule has 4 aliphatic rings. The minimum Gasteiger partial charge on any atom is -0.369 e. The number of benzene rings is 1. The first-order chi connectivity index (χ1) is 15.9. The first-order valence-electron chi connectivity index (χ1n) is 11.8. The van der Waals surface area contributed by atoms with Crippen LogP contribution in [0.15, 0.2) is 36.5 Å². The first kappa shape index (κ1) is 20.5. The zero-order valence-corrected chi connectivity index (χ0v) is 19.6. The lowest BCUT2D eigenvalue weighted by Crippen LogP contribution is -2.60. The molecule has 0 unspecified atom stereocenters. The molecule has 4 fully saturated rings. The number of hydrogen-bond acceptors (Lipinski definition) is 6. The lowest BCUT2D eigenvalue weighted by molar-refractivity contribution is -0.0870. The van der Waals surface area contributed by atoms with Crippen LogP contribution in [0.4, 0.5) is 17.3 Å². The zero-order chi connectivity index (χ0) is 22.7. The minimum absolute atomic E-state index is 0.0201. The second-order valence-corrected chi connectivity index (χ2v) is 10.2. The molecule has 172 valence electrons. The van der Waals surface area contributed by atoms with Gasteiger partial charge in [0.25, 0.3) is 5.91 Å². The molecular formula is C25H31N7O. The highest BCUT2D eigenvalue weighted by Gasteiger charge is 2.59. The molecule has 0 atom stereocenters. The van der Waals surface area contributed by atoms with E-state index < -0.39 is 0 Å². The van der Waals surface area contributed by atoms with Crippen LogP contribution in [0.2, 0.25) is 0 Å². The van der Waals surface area contributed by atoms with E-state index in [2.05, 4.69) is 56.0 Å². The van der Waals surface area contributed by atoms with Crippen molar-refractivity contribution in [3.63, 3.8) is 0 Å². The van der Waals surface area contributed by atoms with Crippen molar-refractivity contribution in [2.75, 3.05) is 57.5 Å². The Morgan fingerprint density at radius 1 is 1.09 bits per heavy atom. The largest absolute Gasteiger partial charge is 0.369 e. The summed E-state index contributed by atoms with van der Waals surface area (Å²) in [5.41, 5.74) is 3.83. The highest BCUT2D eigenvalue weighted by molar-refractivity contribution is 5.98. The van der Waals surface area contributed by atoms with E-state index in [9.17, 15) is 4.79 Å². The fourth-order valence-electron chi connectivity index (χ4n) is 5.57. The molecule has 8 heteroatoms. The van der Waals surface area contributed by atoms with Gasteiger partial charge in [0.2, 0.25) is 5.95 Å². The van der Waals surface area contributed by atoms with Gasteiger partial charge >= 0.3 is 0 Å². The number of piperazine rings is 1. The van der Waals surface area contributed by atoms with Crippen LogP contribution in [-0.4, -0.2) is 77.6 Å². The Morgan fingerprint density at radius 3 is 2.39 bits per heavy atom. The lowest BCUT2D eigenvalue weighted by atomic mass is 9.49. The molecule has 3 heterocycles. The number of anilines is 3. The summed E-state index contributed by atoms with van der Waals surface area (Å²) in [6, 6.07) is 10.4.